The van der Waals surface area contributed by atoms with Crippen molar-refractivity contribution in [2.24, 2.45) is 11.1 Å². The Bertz CT molecular complexity index is 701. The molecule has 0 saturated carbocycles. The lowest BCUT2D eigenvalue weighted by atomic mass is 9.90. The minimum atomic E-state index is 0. The molecular weight excluding hydrogens is 328 g/mol. The van der Waals surface area contributed by atoms with Crippen LogP contribution in [0.4, 0.5) is 0 Å². The quantitative estimate of drug-likeness (QED) is 0.886. The predicted octanol–water partition coefficient (Wildman–Crippen LogP) is 2.32. The van der Waals surface area contributed by atoms with Gasteiger partial charge in [0.2, 0.25) is 0 Å². The average molecular weight is 351 g/mol. The van der Waals surface area contributed by atoms with E-state index in [1.807, 2.05) is 29.2 Å². The Morgan fingerprint density at radius 1 is 1.42 bits per heavy atom. The van der Waals surface area contributed by atoms with Crippen LogP contribution in [0.1, 0.15) is 23.7 Å². The van der Waals surface area contributed by atoms with Gasteiger partial charge in [-0.2, -0.15) is 5.10 Å². The van der Waals surface area contributed by atoms with Crippen LogP contribution >= 0.6 is 12.4 Å². The SMILES string of the molecule is COc1ccc(-c2[nH]ncc2C(=O)N2CCC(C)(CN)C2)cc1.Cl. The smallest absolute Gasteiger partial charge is 0.257 e. The van der Waals surface area contributed by atoms with Gasteiger partial charge in [0.15, 0.2) is 0 Å². The Labute approximate surface area is 147 Å². The number of aromatic nitrogens is 2. The Hall–Kier alpha value is -2.05. The monoisotopic (exact) mass is 350 g/mol. The summed E-state index contributed by atoms with van der Waals surface area (Å²) >= 11 is 0. The van der Waals surface area contributed by atoms with Gasteiger partial charge in [0.1, 0.15) is 5.75 Å². The molecule has 1 saturated heterocycles. The molecule has 1 unspecified atom stereocenters. The first kappa shape index (κ1) is 18.3. The fourth-order valence-corrected chi connectivity index (χ4v) is 2.96. The van der Waals surface area contributed by atoms with Crippen LogP contribution in [-0.4, -0.2) is 47.7 Å². The van der Waals surface area contributed by atoms with E-state index < -0.39 is 0 Å². The number of ether oxygens (including phenoxy) is 1. The molecule has 1 atom stereocenters. The Kier molecular flexibility index (Phi) is 5.51. The zero-order valence-corrected chi connectivity index (χ0v) is 14.7. The molecular formula is C17H23ClN4O2. The molecule has 1 aliphatic rings. The summed E-state index contributed by atoms with van der Waals surface area (Å²) in [6.07, 6.45) is 2.53. The van der Waals surface area contributed by atoms with Crippen LogP contribution < -0.4 is 10.5 Å². The van der Waals surface area contributed by atoms with Gasteiger partial charge in [-0.3, -0.25) is 9.89 Å². The first-order valence-electron chi connectivity index (χ1n) is 7.73. The standard InChI is InChI=1S/C17H22N4O2.ClH/c1-17(10-18)7-8-21(11-17)16(22)14-9-19-20-15(14)12-3-5-13(23-2)6-4-12;/h3-6,9H,7-8,10-11,18H2,1-2H3,(H,19,20);1H. The van der Waals surface area contributed by atoms with Gasteiger partial charge < -0.3 is 15.4 Å². The highest BCUT2D eigenvalue weighted by Gasteiger charge is 2.36. The highest BCUT2D eigenvalue weighted by atomic mass is 35.5. The first-order chi connectivity index (χ1) is 11.1. The molecule has 2 heterocycles. The zero-order chi connectivity index (χ0) is 16.4. The summed E-state index contributed by atoms with van der Waals surface area (Å²) in [7, 11) is 1.63. The van der Waals surface area contributed by atoms with Crippen LogP contribution in [0.2, 0.25) is 0 Å². The van der Waals surface area contributed by atoms with Gasteiger partial charge in [0, 0.05) is 18.7 Å². The van der Waals surface area contributed by atoms with Crippen LogP contribution in [0.25, 0.3) is 11.3 Å². The molecule has 0 aliphatic carbocycles. The molecule has 3 rings (SSSR count). The molecule has 24 heavy (non-hydrogen) atoms. The Morgan fingerprint density at radius 2 is 2.12 bits per heavy atom. The van der Waals surface area contributed by atoms with Crippen molar-refractivity contribution >= 4 is 18.3 Å². The molecule has 7 heteroatoms. The van der Waals surface area contributed by atoms with Gasteiger partial charge in [0.05, 0.1) is 24.6 Å². The average Bonchev–Trinajstić information content (AvgIpc) is 3.22. The second-order valence-electron chi connectivity index (χ2n) is 6.38. The van der Waals surface area contributed by atoms with Crippen molar-refractivity contribution in [3.05, 3.63) is 36.0 Å². The molecule has 2 aromatic rings. The Morgan fingerprint density at radius 3 is 2.71 bits per heavy atom. The topological polar surface area (TPSA) is 84.2 Å². The molecule has 1 fully saturated rings. The van der Waals surface area contributed by atoms with Crippen LogP contribution in [-0.2, 0) is 0 Å². The van der Waals surface area contributed by atoms with E-state index in [9.17, 15) is 4.79 Å². The zero-order valence-electron chi connectivity index (χ0n) is 13.9. The molecule has 1 amide bonds. The summed E-state index contributed by atoms with van der Waals surface area (Å²) < 4.78 is 5.17. The number of nitrogens with one attached hydrogen (secondary N) is 1. The molecule has 3 N–H and O–H groups in total. The van der Waals surface area contributed by atoms with Crippen LogP contribution in [0.5, 0.6) is 5.75 Å². The van der Waals surface area contributed by atoms with Crippen molar-refractivity contribution in [2.75, 3.05) is 26.7 Å². The van der Waals surface area contributed by atoms with E-state index in [1.54, 1.807) is 13.3 Å². The summed E-state index contributed by atoms with van der Waals surface area (Å²) in [5.41, 5.74) is 8.08. The molecule has 0 spiro atoms. The summed E-state index contributed by atoms with van der Waals surface area (Å²) in [6.45, 7) is 4.14. The fraction of sp³-hybridized carbons (Fsp3) is 0.412. The Balaban J connectivity index is 0.00000208. The molecule has 6 nitrogen and oxygen atoms in total. The molecule has 0 bridgehead atoms. The van der Waals surface area contributed by atoms with E-state index in [-0.39, 0.29) is 23.7 Å². The first-order valence-corrected chi connectivity index (χ1v) is 7.73. The van der Waals surface area contributed by atoms with Gasteiger partial charge in [-0.05, 0) is 42.6 Å². The van der Waals surface area contributed by atoms with E-state index in [1.165, 1.54) is 0 Å². The molecule has 0 radical (unpaired) electrons. The maximum absolute atomic E-state index is 12.8. The number of benzene rings is 1. The molecule has 1 aromatic heterocycles. The van der Waals surface area contributed by atoms with Crippen molar-refractivity contribution < 1.29 is 9.53 Å². The largest absolute Gasteiger partial charge is 0.497 e. The third-order valence-corrected chi connectivity index (χ3v) is 4.59. The number of rotatable bonds is 4. The number of methoxy groups -OCH3 is 1. The molecule has 1 aliphatic heterocycles. The number of H-pyrrole nitrogens is 1. The molecule has 130 valence electrons. The number of halogens is 1. The fourth-order valence-electron chi connectivity index (χ4n) is 2.96. The van der Waals surface area contributed by atoms with Crippen molar-refractivity contribution in [1.29, 1.82) is 0 Å². The highest BCUT2D eigenvalue weighted by Crippen LogP contribution is 2.31. The van der Waals surface area contributed by atoms with Crippen molar-refractivity contribution in [2.45, 2.75) is 13.3 Å². The van der Waals surface area contributed by atoms with Crippen molar-refractivity contribution in [3.63, 3.8) is 0 Å². The van der Waals surface area contributed by atoms with Crippen molar-refractivity contribution in [3.8, 4) is 17.0 Å². The maximum atomic E-state index is 12.8. The number of aromatic amines is 1. The minimum Gasteiger partial charge on any atom is -0.497 e. The van der Waals surface area contributed by atoms with E-state index in [0.29, 0.717) is 18.7 Å². The molecule has 1 aromatic carbocycles. The van der Waals surface area contributed by atoms with Crippen LogP contribution in [0.15, 0.2) is 30.5 Å². The van der Waals surface area contributed by atoms with E-state index in [0.717, 1.165) is 30.0 Å². The lowest BCUT2D eigenvalue weighted by molar-refractivity contribution is 0.0777. The van der Waals surface area contributed by atoms with Crippen LogP contribution in [0.3, 0.4) is 0 Å². The third kappa shape index (κ3) is 3.39. The summed E-state index contributed by atoms with van der Waals surface area (Å²) in [5.74, 6) is 0.779. The number of carbonyl (C=O) groups excluding carboxylic acids is 1. The van der Waals surface area contributed by atoms with Gasteiger partial charge in [-0.25, -0.2) is 0 Å². The normalized spacial score (nSPS) is 19.9. The second kappa shape index (κ2) is 7.23. The van der Waals surface area contributed by atoms with Crippen LogP contribution in [0, 0.1) is 5.41 Å². The van der Waals surface area contributed by atoms with Gasteiger partial charge in [-0.1, -0.05) is 6.92 Å². The number of carbonyl (C=O) groups is 1. The lowest BCUT2D eigenvalue weighted by Gasteiger charge is -2.22. The van der Waals surface area contributed by atoms with E-state index in [2.05, 4.69) is 17.1 Å². The van der Waals surface area contributed by atoms with Gasteiger partial charge in [-0.15, -0.1) is 12.4 Å². The number of hydrogen-bond donors (Lipinski definition) is 2. The van der Waals surface area contributed by atoms with E-state index in [4.69, 9.17) is 10.5 Å². The number of likely N-dealkylation sites (tertiary alicyclic amines) is 1. The third-order valence-electron chi connectivity index (χ3n) is 4.59. The minimum absolute atomic E-state index is 0. The predicted molar refractivity (Wildman–Crippen MR) is 95.5 cm³/mol. The summed E-state index contributed by atoms with van der Waals surface area (Å²) in [5, 5.41) is 7.00. The number of nitrogens with zero attached hydrogens (tertiary/aromatic N) is 2. The highest BCUT2D eigenvalue weighted by molar-refractivity contribution is 6.00. The number of nitrogens with two attached hydrogens (primary N) is 1. The number of hydrogen-bond acceptors (Lipinski definition) is 4. The van der Waals surface area contributed by atoms with E-state index >= 15 is 0 Å². The second-order valence-corrected chi connectivity index (χ2v) is 6.38. The maximum Gasteiger partial charge on any atom is 0.257 e. The summed E-state index contributed by atoms with van der Waals surface area (Å²) in [4.78, 5) is 14.7. The number of amides is 1. The van der Waals surface area contributed by atoms with Gasteiger partial charge >= 0.3 is 0 Å². The van der Waals surface area contributed by atoms with Gasteiger partial charge in [0.25, 0.3) is 5.91 Å². The van der Waals surface area contributed by atoms with Crippen molar-refractivity contribution in [1.82, 2.24) is 15.1 Å². The lowest BCUT2D eigenvalue weighted by Crippen LogP contribution is -2.34. The summed E-state index contributed by atoms with van der Waals surface area (Å²) in [6, 6.07) is 7.56.